The van der Waals surface area contributed by atoms with E-state index in [2.05, 4.69) is 41.2 Å². The van der Waals surface area contributed by atoms with E-state index in [0.717, 1.165) is 49.1 Å². The number of rotatable bonds is 8. The van der Waals surface area contributed by atoms with Gasteiger partial charge in [0.2, 0.25) is 0 Å². The average molecular weight is 454 g/mol. The van der Waals surface area contributed by atoms with Crippen LogP contribution < -0.4 is 5.32 Å². The van der Waals surface area contributed by atoms with Gasteiger partial charge in [0.25, 0.3) is 16.0 Å². The van der Waals surface area contributed by atoms with Gasteiger partial charge in [-0.05, 0) is 80.5 Å². The molecule has 0 saturated heterocycles. The average Bonchev–Trinajstić information content (AvgIpc) is 3.30. The molecule has 168 valence electrons. The molecule has 8 heteroatoms. The van der Waals surface area contributed by atoms with Crippen LogP contribution in [0.25, 0.3) is 22.6 Å². The molecule has 3 aromatic rings. The van der Waals surface area contributed by atoms with Crippen LogP contribution in [-0.4, -0.2) is 48.4 Å². The first-order chi connectivity index (χ1) is 15.3. The SMILES string of the molecule is CCN(CC)CCCc1ccc2[nH]c(/C=C3/C(=O)Nc4ccc(S(=O)(=O)O)cc43)cc2c1. The molecule has 3 N–H and O–H groups in total. The number of amides is 1. The number of hydrogen-bond donors (Lipinski definition) is 3. The highest BCUT2D eigenvalue weighted by molar-refractivity contribution is 7.85. The monoisotopic (exact) mass is 453 g/mol. The van der Waals surface area contributed by atoms with Gasteiger partial charge < -0.3 is 15.2 Å². The molecule has 0 radical (unpaired) electrons. The van der Waals surface area contributed by atoms with E-state index in [1.807, 2.05) is 12.1 Å². The third kappa shape index (κ3) is 4.62. The zero-order valence-corrected chi connectivity index (χ0v) is 19.0. The predicted octanol–water partition coefficient (Wildman–Crippen LogP) is 4.18. The molecule has 1 aromatic heterocycles. The molecular weight excluding hydrogens is 426 g/mol. The van der Waals surface area contributed by atoms with Gasteiger partial charge in [-0.25, -0.2) is 0 Å². The van der Waals surface area contributed by atoms with Gasteiger partial charge in [0.1, 0.15) is 0 Å². The van der Waals surface area contributed by atoms with Crippen molar-refractivity contribution in [3.05, 3.63) is 59.3 Å². The maximum atomic E-state index is 12.5. The molecule has 1 amide bonds. The molecule has 7 nitrogen and oxygen atoms in total. The maximum absolute atomic E-state index is 12.5. The minimum atomic E-state index is -4.36. The summed E-state index contributed by atoms with van der Waals surface area (Å²) in [5.41, 5.74) is 4.28. The standard InChI is InChI=1S/C24H27N3O4S/c1-3-27(4-2)11-5-6-16-7-9-22-17(12-16)13-18(25-22)14-21-20-15-19(32(29,30)31)8-10-23(20)26-24(21)28/h7-10,12-15,25H,3-6,11H2,1-2H3,(H,26,28)(H,29,30,31)/b21-14+. The first-order valence-electron chi connectivity index (χ1n) is 10.8. The van der Waals surface area contributed by atoms with Crippen molar-refractivity contribution in [3.63, 3.8) is 0 Å². The van der Waals surface area contributed by atoms with Crippen LogP contribution >= 0.6 is 0 Å². The number of aryl methyl sites for hydroxylation is 1. The van der Waals surface area contributed by atoms with Crippen LogP contribution in [0.1, 0.15) is 37.1 Å². The van der Waals surface area contributed by atoms with E-state index < -0.39 is 10.1 Å². The Morgan fingerprint density at radius 1 is 1.06 bits per heavy atom. The van der Waals surface area contributed by atoms with Crippen LogP contribution in [0.3, 0.4) is 0 Å². The van der Waals surface area contributed by atoms with Crippen molar-refractivity contribution in [3.8, 4) is 0 Å². The topological polar surface area (TPSA) is 103 Å². The molecule has 2 heterocycles. The molecule has 0 bridgehead atoms. The summed E-state index contributed by atoms with van der Waals surface area (Å²) in [7, 11) is -4.36. The number of carbonyl (C=O) groups is 1. The summed E-state index contributed by atoms with van der Waals surface area (Å²) in [6.45, 7) is 7.56. The molecule has 1 aliphatic rings. The Bertz CT molecular complexity index is 1300. The number of anilines is 1. The third-order valence-electron chi connectivity index (χ3n) is 5.91. The lowest BCUT2D eigenvalue weighted by Gasteiger charge is -2.17. The normalized spacial score (nSPS) is 15.0. The zero-order chi connectivity index (χ0) is 22.9. The first kappa shape index (κ1) is 22.3. The summed E-state index contributed by atoms with van der Waals surface area (Å²) in [6.07, 6.45) is 3.80. The molecular formula is C24H27N3O4S. The lowest BCUT2D eigenvalue weighted by atomic mass is 10.1. The zero-order valence-electron chi connectivity index (χ0n) is 18.2. The number of hydrogen-bond acceptors (Lipinski definition) is 4. The Labute approximate surface area is 187 Å². The Morgan fingerprint density at radius 3 is 2.56 bits per heavy atom. The van der Waals surface area contributed by atoms with Crippen molar-refractivity contribution in [1.82, 2.24) is 9.88 Å². The quantitative estimate of drug-likeness (QED) is 0.351. The van der Waals surface area contributed by atoms with E-state index in [1.54, 1.807) is 6.08 Å². The smallest absolute Gasteiger partial charge is 0.294 e. The summed E-state index contributed by atoms with van der Waals surface area (Å²) in [6, 6.07) is 12.4. The molecule has 32 heavy (non-hydrogen) atoms. The fraction of sp³-hybridized carbons (Fsp3) is 0.292. The molecule has 0 saturated carbocycles. The second kappa shape index (κ2) is 8.90. The number of H-pyrrole nitrogens is 1. The van der Waals surface area contributed by atoms with E-state index in [9.17, 15) is 17.8 Å². The van der Waals surface area contributed by atoms with Crippen molar-refractivity contribution < 1.29 is 17.8 Å². The number of benzene rings is 2. The lowest BCUT2D eigenvalue weighted by molar-refractivity contribution is -0.110. The fourth-order valence-electron chi connectivity index (χ4n) is 4.11. The minimum Gasteiger partial charge on any atom is -0.355 e. The van der Waals surface area contributed by atoms with E-state index in [-0.39, 0.29) is 10.8 Å². The van der Waals surface area contributed by atoms with Crippen molar-refractivity contribution in [2.45, 2.75) is 31.6 Å². The Balaban J connectivity index is 1.59. The van der Waals surface area contributed by atoms with Gasteiger partial charge in [0.15, 0.2) is 0 Å². The maximum Gasteiger partial charge on any atom is 0.294 e. The highest BCUT2D eigenvalue weighted by Crippen LogP contribution is 2.35. The summed E-state index contributed by atoms with van der Waals surface area (Å²) in [5, 5.41) is 3.79. The highest BCUT2D eigenvalue weighted by atomic mass is 32.2. The second-order valence-corrected chi connectivity index (χ2v) is 9.39. The Morgan fingerprint density at radius 2 is 1.84 bits per heavy atom. The number of aromatic nitrogens is 1. The fourth-order valence-corrected chi connectivity index (χ4v) is 4.62. The van der Waals surface area contributed by atoms with Crippen molar-refractivity contribution in [2.75, 3.05) is 25.0 Å². The molecule has 0 atom stereocenters. The molecule has 0 fully saturated rings. The van der Waals surface area contributed by atoms with E-state index >= 15 is 0 Å². The van der Waals surface area contributed by atoms with Crippen LogP contribution in [0, 0.1) is 0 Å². The molecule has 0 aliphatic carbocycles. The summed E-state index contributed by atoms with van der Waals surface area (Å²) in [4.78, 5) is 18.0. The van der Waals surface area contributed by atoms with Crippen LogP contribution in [0.2, 0.25) is 0 Å². The molecule has 4 rings (SSSR count). The summed E-state index contributed by atoms with van der Waals surface area (Å²) in [5.74, 6) is -0.316. The van der Waals surface area contributed by atoms with Gasteiger partial charge in [0, 0.05) is 27.8 Å². The lowest BCUT2D eigenvalue weighted by Crippen LogP contribution is -2.24. The van der Waals surface area contributed by atoms with Gasteiger partial charge in [-0.15, -0.1) is 0 Å². The Hall–Kier alpha value is -2.94. The first-order valence-corrected chi connectivity index (χ1v) is 12.2. The van der Waals surface area contributed by atoms with E-state index in [4.69, 9.17) is 0 Å². The van der Waals surface area contributed by atoms with Crippen molar-refractivity contribution in [2.24, 2.45) is 0 Å². The van der Waals surface area contributed by atoms with E-state index in [1.165, 1.54) is 23.8 Å². The van der Waals surface area contributed by atoms with E-state index in [0.29, 0.717) is 16.8 Å². The van der Waals surface area contributed by atoms with Crippen LogP contribution in [-0.2, 0) is 21.3 Å². The van der Waals surface area contributed by atoms with Crippen LogP contribution in [0.4, 0.5) is 5.69 Å². The van der Waals surface area contributed by atoms with Gasteiger partial charge in [-0.1, -0.05) is 19.9 Å². The number of carbonyl (C=O) groups excluding carboxylic acids is 1. The highest BCUT2D eigenvalue weighted by Gasteiger charge is 2.26. The molecule has 0 unspecified atom stereocenters. The number of aromatic amines is 1. The summed E-state index contributed by atoms with van der Waals surface area (Å²) < 4.78 is 32.3. The minimum absolute atomic E-state index is 0.246. The third-order valence-corrected chi connectivity index (χ3v) is 6.76. The molecule has 0 spiro atoms. The summed E-state index contributed by atoms with van der Waals surface area (Å²) >= 11 is 0. The molecule has 2 aromatic carbocycles. The largest absolute Gasteiger partial charge is 0.355 e. The van der Waals surface area contributed by atoms with Crippen molar-refractivity contribution >= 4 is 44.3 Å². The number of fused-ring (bicyclic) bond motifs is 2. The predicted molar refractivity (Wildman–Crippen MR) is 127 cm³/mol. The second-order valence-electron chi connectivity index (χ2n) is 7.97. The van der Waals surface area contributed by atoms with Crippen LogP contribution in [0.5, 0.6) is 0 Å². The van der Waals surface area contributed by atoms with Crippen LogP contribution in [0.15, 0.2) is 47.4 Å². The van der Waals surface area contributed by atoms with Gasteiger partial charge in [-0.3, -0.25) is 9.35 Å². The number of nitrogens with zero attached hydrogens (tertiary/aromatic N) is 1. The van der Waals surface area contributed by atoms with Gasteiger partial charge >= 0.3 is 0 Å². The Kier molecular flexibility index (Phi) is 6.19. The van der Waals surface area contributed by atoms with Gasteiger partial charge in [0.05, 0.1) is 10.5 Å². The van der Waals surface area contributed by atoms with Gasteiger partial charge in [-0.2, -0.15) is 8.42 Å². The number of nitrogens with one attached hydrogen (secondary N) is 2. The molecule has 1 aliphatic heterocycles. The van der Waals surface area contributed by atoms with Crippen molar-refractivity contribution in [1.29, 1.82) is 0 Å².